The number of anilines is 2. The number of carbonyl (C=O) groups is 2. The van der Waals surface area contributed by atoms with E-state index in [0.717, 1.165) is 0 Å². The second kappa shape index (κ2) is 8.53. The van der Waals surface area contributed by atoms with Crippen molar-refractivity contribution in [3.63, 3.8) is 0 Å². The number of rotatable bonds is 7. The number of aromatic nitrogens is 2. The molecule has 0 aliphatic carbocycles. The van der Waals surface area contributed by atoms with E-state index in [0.29, 0.717) is 11.4 Å². The van der Waals surface area contributed by atoms with Crippen LogP contribution in [0.2, 0.25) is 0 Å². The van der Waals surface area contributed by atoms with Gasteiger partial charge in [-0.05, 0) is 19.1 Å². The van der Waals surface area contributed by atoms with Crippen LogP contribution in [0.1, 0.15) is 12.5 Å². The number of nitrogens with one attached hydrogen (secondary N) is 2. The molecular formula is C17H19N5O5S. The zero-order valence-corrected chi connectivity index (χ0v) is 16.3. The summed E-state index contributed by atoms with van der Waals surface area (Å²) < 4.78 is 31.2. The van der Waals surface area contributed by atoms with E-state index in [1.54, 1.807) is 24.3 Å². The molecule has 0 aliphatic heterocycles. The molecule has 0 spiro atoms. The topological polar surface area (TPSA) is 143 Å². The molecular weight excluding hydrogens is 386 g/mol. The number of nitriles is 1. The first-order valence-corrected chi connectivity index (χ1v) is 9.78. The number of hydrogen-bond acceptors (Lipinski definition) is 7. The number of methoxy groups -OCH3 is 1. The number of aryl methyl sites for hydroxylation is 1. The molecule has 1 heterocycles. The Bertz CT molecular complexity index is 1040. The minimum absolute atomic E-state index is 0.0769. The van der Waals surface area contributed by atoms with Gasteiger partial charge < -0.3 is 15.4 Å². The fraction of sp³-hybridized carbons (Fsp3) is 0.294. The summed E-state index contributed by atoms with van der Waals surface area (Å²) in [5, 5.41) is 16.1. The predicted octanol–water partition coefficient (Wildman–Crippen LogP) is 0.681. The maximum Gasteiger partial charge on any atom is 0.243 e. The lowest BCUT2D eigenvalue weighted by Crippen LogP contribution is -2.37. The van der Waals surface area contributed by atoms with Crippen molar-refractivity contribution in [3.8, 4) is 11.8 Å². The third kappa shape index (κ3) is 4.66. The van der Waals surface area contributed by atoms with E-state index >= 15 is 0 Å². The maximum atomic E-state index is 12.5. The Labute approximate surface area is 162 Å². The molecule has 0 bridgehead atoms. The molecule has 0 fully saturated rings. The van der Waals surface area contributed by atoms with E-state index < -0.39 is 32.7 Å². The normalized spacial score (nSPS) is 11.9. The number of sulfone groups is 1. The van der Waals surface area contributed by atoms with Crippen LogP contribution in [-0.2, 0) is 26.5 Å². The Morgan fingerprint density at radius 1 is 1.32 bits per heavy atom. The highest BCUT2D eigenvalue weighted by atomic mass is 32.2. The third-order valence-electron chi connectivity index (χ3n) is 3.92. The molecule has 11 heteroatoms. The summed E-state index contributed by atoms with van der Waals surface area (Å²) in [6.45, 7) is 1.17. The number of carbonyl (C=O) groups excluding carboxylic acids is 2. The predicted molar refractivity (Wildman–Crippen MR) is 101 cm³/mol. The molecule has 2 N–H and O–H groups in total. The van der Waals surface area contributed by atoms with E-state index in [4.69, 9.17) is 10.00 Å². The van der Waals surface area contributed by atoms with Gasteiger partial charge in [-0.1, -0.05) is 12.1 Å². The van der Waals surface area contributed by atoms with E-state index in [1.807, 2.05) is 6.07 Å². The molecule has 1 unspecified atom stereocenters. The van der Waals surface area contributed by atoms with Crippen LogP contribution in [-0.4, -0.2) is 48.1 Å². The lowest BCUT2D eigenvalue weighted by Gasteiger charge is -2.14. The van der Waals surface area contributed by atoms with Crippen molar-refractivity contribution >= 4 is 33.2 Å². The van der Waals surface area contributed by atoms with Gasteiger partial charge in [0.25, 0.3) is 0 Å². The first kappa shape index (κ1) is 20.9. The van der Waals surface area contributed by atoms with E-state index in [9.17, 15) is 18.0 Å². The molecule has 0 saturated heterocycles. The minimum atomic E-state index is -4.11. The highest BCUT2D eigenvalue weighted by Crippen LogP contribution is 2.23. The standard InChI is InChI=1S/C17H19N5O5S/c1-11(17(24)21-16-12(8-18)9-19-22(16)2)28(25,26)10-15(23)20-13-6-4-5-7-14(13)27-3/h4-7,9,11H,10H2,1-3H3,(H,20,23)(H,21,24). The Morgan fingerprint density at radius 3 is 2.64 bits per heavy atom. The van der Waals surface area contributed by atoms with Gasteiger partial charge in [0, 0.05) is 7.05 Å². The van der Waals surface area contributed by atoms with Crippen molar-refractivity contribution in [2.24, 2.45) is 7.05 Å². The molecule has 0 radical (unpaired) electrons. The van der Waals surface area contributed by atoms with Gasteiger partial charge >= 0.3 is 0 Å². The number of nitrogens with zero attached hydrogens (tertiary/aromatic N) is 3. The Balaban J connectivity index is 2.08. The molecule has 148 valence electrons. The number of benzene rings is 1. The van der Waals surface area contributed by atoms with Crippen molar-refractivity contribution in [2.45, 2.75) is 12.2 Å². The zero-order valence-electron chi connectivity index (χ0n) is 15.5. The van der Waals surface area contributed by atoms with Crippen LogP contribution in [0.5, 0.6) is 5.75 Å². The molecule has 1 aromatic carbocycles. The van der Waals surface area contributed by atoms with Gasteiger partial charge in [0.2, 0.25) is 11.8 Å². The summed E-state index contributed by atoms with van der Waals surface area (Å²) >= 11 is 0. The molecule has 10 nitrogen and oxygen atoms in total. The molecule has 28 heavy (non-hydrogen) atoms. The van der Waals surface area contributed by atoms with Crippen LogP contribution < -0.4 is 15.4 Å². The Morgan fingerprint density at radius 2 is 2.00 bits per heavy atom. The first-order valence-electron chi connectivity index (χ1n) is 8.07. The van der Waals surface area contributed by atoms with Gasteiger partial charge in [0.05, 0.1) is 19.0 Å². The number of para-hydroxylation sites is 2. The summed E-state index contributed by atoms with van der Waals surface area (Å²) in [5.41, 5.74) is 0.408. The summed E-state index contributed by atoms with van der Waals surface area (Å²) in [4.78, 5) is 24.5. The summed E-state index contributed by atoms with van der Waals surface area (Å²) in [5.74, 6) is -2.12. The number of hydrogen-bond donors (Lipinski definition) is 2. The largest absolute Gasteiger partial charge is 0.495 e. The second-order valence-corrected chi connectivity index (χ2v) is 8.15. The maximum absolute atomic E-state index is 12.5. The van der Waals surface area contributed by atoms with Gasteiger partial charge in [-0.3, -0.25) is 14.3 Å². The number of amides is 2. The van der Waals surface area contributed by atoms with Gasteiger partial charge in [-0.2, -0.15) is 10.4 Å². The lowest BCUT2D eigenvalue weighted by molar-refractivity contribution is -0.115. The van der Waals surface area contributed by atoms with E-state index in [-0.39, 0.29) is 11.4 Å². The van der Waals surface area contributed by atoms with Crippen molar-refractivity contribution in [1.82, 2.24) is 9.78 Å². The fourth-order valence-corrected chi connectivity index (χ4v) is 3.36. The molecule has 2 rings (SSSR count). The third-order valence-corrected chi connectivity index (χ3v) is 5.88. The average molecular weight is 405 g/mol. The number of ether oxygens (including phenoxy) is 1. The van der Waals surface area contributed by atoms with Crippen molar-refractivity contribution in [3.05, 3.63) is 36.0 Å². The molecule has 0 aliphatic rings. The highest BCUT2D eigenvalue weighted by molar-refractivity contribution is 7.93. The monoisotopic (exact) mass is 405 g/mol. The molecule has 1 atom stereocenters. The van der Waals surface area contributed by atoms with Crippen LogP contribution in [0.15, 0.2) is 30.5 Å². The fourth-order valence-electron chi connectivity index (χ4n) is 2.29. The van der Waals surface area contributed by atoms with E-state index in [1.165, 1.54) is 32.0 Å². The Kier molecular flexibility index (Phi) is 6.37. The van der Waals surface area contributed by atoms with Gasteiger partial charge in [0.1, 0.15) is 34.2 Å². The SMILES string of the molecule is COc1ccccc1NC(=O)CS(=O)(=O)C(C)C(=O)Nc1c(C#N)cnn1C. The van der Waals surface area contributed by atoms with Gasteiger partial charge in [-0.25, -0.2) is 8.42 Å². The van der Waals surface area contributed by atoms with Crippen LogP contribution in [0.4, 0.5) is 11.5 Å². The molecule has 0 saturated carbocycles. The quantitative estimate of drug-likeness (QED) is 0.689. The van der Waals surface area contributed by atoms with Crippen molar-refractivity contribution in [1.29, 1.82) is 5.26 Å². The van der Waals surface area contributed by atoms with Crippen LogP contribution in [0.25, 0.3) is 0 Å². The Hall–Kier alpha value is -3.39. The second-order valence-electron chi connectivity index (χ2n) is 5.83. The average Bonchev–Trinajstić information content (AvgIpc) is 3.00. The van der Waals surface area contributed by atoms with Gasteiger partial charge in [0.15, 0.2) is 9.84 Å². The zero-order chi connectivity index (χ0) is 20.9. The van der Waals surface area contributed by atoms with Crippen LogP contribution in [0, 0.1) is 11.3 Å². The first-order chi connectivity index (χ1) is 13.2. The summed E-state index contributed by atoms with van der Waals surface area (Å²) in [7, 11) is -1.20. The van der Waals surface area contributed by atoms with Crippen LogP contribution in [0.3, 0.4) is 0 Å². The molecule has 2 amide bonds. The highest BCUT2D eigenvalue weighted by Gasteiger charge is 2.31. The molecule has 2 aromatic rings. The minimum Gasteiger partial charge on any atom is -0.495 e. The lowest BCUT2D eigenvalue weighted by atomic mass is 10.3. The van der Waals surface area contributed by atoms with Crippen LogP contribution >= 0.6 is 0 Å². The summed E-state index contributed by atoms with van der Waals surface area (Å²) in [6.07, 6.45) is 1.25. The van der Waals surface area contributed by atoms with E-state index in [2.05, 4.69) is 15.7 Å². The van der Waals surface area contributed by atoms with Crippen molar-refractivity contribution in [2.75, 3.05) is 23.5 Å². The molecule has 1 aromatic heterocycles. The van der Waals surface area contributed by atoms with Gasteiger partial charge in [-0.15, -0.1) is 0 Å². The smallest absolute Gasteiger partial charge is 0.243 e. The summed E-state index contributed by atoms with van der Waals surface area (Å²) in [6, 6.07) is 8.38. The van der Waals surface area contributed by atoms with Crippen molar-refractivity contribution < 1.29 is 22.7 Å².